The maximum absolute atomic E-state index is 12.8. The number of carbonyl (C=O) groups is 1. The topological polar surface area (TPSA) is 93.9 Å². The zero-order valence-corrected chi connectivity index (χ0v) is 15.5. The van der Waals surface area contributed by atoms with Gasteiger partial charge in [-0.3, -0.25) is 14.9 Å². The maximum Gasteiger partial charge on any atom is 0.293 e. The van der Waals surface area contributed by atoms with Crippen molar-refractivity contribution in [1.29, 1.82) is 0 Å². The van der Waals surface area contributed by atoms with E-state index < -0.39 is 4.92 Å². The largest absolute Gasteiger partial charge is 0.486 e. The Balaban J connectivity index is 1.50. The summed E-state index contributed by atoms with van der Waals surface area (Å²) in [4.78, 5) is 25.3. The number of nitro groups is 1. The van der Waals surface area contributed by atoms with Crippen molar-refractivity contribution in [3.8, 4) is 11.5 Å². The highest BCUT2D eigenvalue weighted by Crippen LogP contribution is 2.33. The molecule has 0 spiro atoms. The lowest BCUT2D eigenvalue weighted by atomic mass is 10.1. The van der Waals surface area contributed by atoms with E-state index in [1.54, 1.807) is 19.2 Å². The Kier molecular flexibility index (Phi) is 4.77. The first-order valence-electron chi connectivity index (χ1n) is 9.20. The van der Waals surface area contributed by atoms with Gasteiger partial charge in [0.25, 0.3) is 11.6 Å². The predicted octanol–water partition coefficient (Wildman–Crippen LogP) is 3.21. The fourth-order valence-corrected chi connectivity index (χ4v) is 3.14. The molecule has 1 amide bonds. The third-order valence-corrected chi connectivity index (χ3v) is 4.75. The molecule has 146 valence electrons. The zero-order valence-electron chi connectivity index (χ0n) is 15.5. The molecular weight excluding hydrogens is 362 g/mol. The van der Waals surface area contributed by atoms with Gasteiger partial charge in [-0.25, -0.2) is 0 Å². The van der Waals surface area contributed by atoms with Gasteiger partial charge in [0, 0.05) is 31.3 Å². The summed E-state index contributed by atoms with van der Waals surface area (Å²) in [7, 11) is 1.67. The van der Waals surface area contributed by atoms with Crippen molar-refractivity contribution in [3.05, 3.63) is 57.6 Å². The molecule has 1 heterocycles. The van der Waals surface area contributed by atoms with Crippen LogP contribution in [0.1, 0.15) is 28.8 Å². The Morgan fingerprint density at radius 1 is 1.18 bits per heavy atom. The van der Waals surface area contributed by atoms with E-state index in [4.69, 9.17) is 9.47 Å². The number of anilines is 1. The molecule has 0 bridgehead atoms. The molecule has 0 aromatic heterocycles. The highest BCUT2D eigenvalue weighted by molar-refractivity contribution is 5.95. The van der Waals surface area contributed by atoms with E-state index >= 15 is 0 Å². The van der Waals surface area contributed by atoms with Crippen LogP contribution in [0.3, 0.4) is 0 Å². The summed E-state index contributed by atoms with van der Waals surface area (Å²) in [6, 6.07) is 10.4. The summed E-state index contributed by atoms with van der Waals surface area (Å²) in [5, 5.41) is 14.5. The fraction of sp³-hybridized carbons (Fsp3) is 0.350. The third-order valence-electron chi connectivity index (χ3n) is 4.75. The molecule has 0 atom stereocenters. The molecule has 0 saturated heterocycles. The highest BCUT2D eigenvalue weighted by Gasteiger charge is 2.26. The number of hydrogen-bond donors (Lipinski definition) is 1. The van der Waals surface area contributed by atoms with E-state index in [1.165, 1.54) is 11.0 Å². The van der Waals surface area contributed by atoms with Crippen LogP contribution in [-0.2, 0) is 6.54 Å². The Hall–Kier alpha value is -3.29. The monoisotopic (exact) mass is 383 g/mol. The van der Waals surface area contributed by atoms with Gasteiger partial charge in [-0.1, -0.05) is 6.07 Å². The van der Waals surface area contributed by atoms with Crippen LogP contribution >= 0.6 is 0 Å². The molecule has 2 aliphatic rings. The second-order valence-corrected chi connectivity index (χ2v) is 7.05. The Bertz CT molecular complexity index is 926. The van der Waals surface area contributed by atoms with E-state index in [2.05, 4.69) is 5.32 Å². The Morgan fingerprint density at radius 3 is 2.64 bits per heavy atom. The van der Waals surface area contributed by atoms with Gasteiger partial charge in [-0.05, 0) is 42.7 Å². The quantitative estimate of drug-likeness (QED) is 0.608. The average molecular weight is 383 g/mol. The number of amides is 1. The van der Waals surface area contributed by atoms with Crippen LogP contribution in [0, 0.1) is 10.1 Å². The van der Waals surface area contributed by atoms with E-state index in [0.717, 1.165) is 18.4 Å². The minimum absolute atomic E-state index is 0.0783. The summed E-state index contributed by atoms with van der Waals surface area (Å²) in [5.74, 6) is 1.07. The number of nitrogens with one attached hydrogen (secondary N) is 1. The molecule has 1 fully saturated rings. The van der Waals surface area contributed by atoms with Gasteiger partial charge in [0.2, 0.25) is 0 Å². The molecule has 1 aliphatic heterocycles. The molecule has 8 heteroatoms. The van der Waals surface area contributed by atoms with E-state index in [-0.39, 0.29) is 23.2 Å². The SMILES string of the molecule is CN(Cc1ccc2c(c1)OCCO2)C(=O)c1ccc(NC2CC2)c([N+](=O)[O-])c1. The predicted molar refractivity (Wildman–Crippen MR) is 103 cm³/mol. The summed E-state index contributed by atoms with van der Waals surface area (Å²) in [6.07, 6.45) is 2.02. The molecule has 28 heavy (non-hydrogen) atoms. The van der Waals surface area contributed by atoms with E-state index in [1.807, 2.05) is 18.2 Å². The number of nitrogens with zero attached hydrogens (tertiary/aromatic N) is 2. The van der Waals surface area contributed by atoms with E-state index in [0.29, 0.717) is 36.9 Å². The molecule has 1 aliphatic carbocycles. The second kappa shape index (κ2) is 7.38. The van der Waals surface area contributed by atoms with Crippen molar-refractivity contribution in [2.24, 2.45) is 0 Å². The molecule has 0 radical (unpaired) electrons. The molecule has 4 rings (SSSR count). The summed E-state index contributed by atoms with van der Waals surface area (Å²) in [5.41, 5.74) is 1.55. The minimum Gasteiger partial charge on any atom is -0.486 e. The highest BCUT2D eigenvalue weighted by atomic mass is 16.6. The summed E-state index contributed by atoms with van der Waals surface area (Å²) < 4.78 is 11.1. The van der Waals surface area contributed by atoms with Crippen LogP contribution in [0.25, 0.3) is 0 Å². The van der Waals surface area contributed by atoms with Gasteiger partial charge in [-0.2, -0.15) is 0 Å². The summed E-state index contributed by atoms with van der Waals surface area (Å²) >= 11 is 0. The number of hydrogen-bond acceptors (Lipinski definition) is 6. The van der Waals surface area contributed by atoms with Crippen molar-refractivity contribution in [2.75, 3.05) is 25.6 Å². The lowest BCUT2D eigenvalue weighted by Gasteiger charge is -2.21. The van der Waals surface area contributed by atoms with Crippen LogP contribution < -0.4 is 14.8 Å². The zero-order chi connectivity index (χ0) is 19.7. The molecule has 0 unspecified atom stereocenters. The molecule has 1 saturated carbocycles. The molecular formula is C20H21N3O5. The first-order valence-corrected chi connectivity index (χ1v) is 9.20. The van der Waals surface area contributed by atoms with Crippen LogP contribution in [0.15, 0.2) is 36.4 Å². The normalized spacial score (nSPS) is 15.0. The number of ether oxygens (including phenoxy) is 2. The molecule has 1 N–H and O–H groups in total. The molecule has 2 aromatic carbocycles. The standard InChI is InChI=1S/C20H21N3O5/c1-22(12-13-2-7-18-19(10-13)28-9-8-27-18)20(24)14-3-6-16(21-15-4-5-15)17(11-14)23(25)26/h2-3,6-7,10-11,15,21H,4-5,8-9,12H2,1H3. The van der Waals surface area contributed by atoms with Crippen molar-refractivity contribution >= 4 is 17.3 Å². The number of nitro benzene ring substituents is 1. The number of rotatable bonds is 6. The van der Waals surface area contributed by atoms with Gasteiger partial charge in [0.05, 0.1) is 4.92 Å². The first kappa shape index (κ1) is 18.1. The minimum atomic E-state index is -0.456. The van der Waals surface area contributed by atoms with E-state index in [9.17, 15) is 14.9 Å². The third kappa shape index (κ3) is 3.85. The van der Waals surface area contributed by atoms with Gasteiger partial charge in [0.1, 0.15) is 18.9 Å². The number of benzene rings is 2. The number of carbonyl (C=O) groups excluding carboxylic acids is 1. The first-order chi connectivity index (χ1) is 13.5. The molecule has 2 aromatic rings. The van der Waals surface area contributed by atoms with Crippen molar-refractivity contribution in [1.82, 2.24) is 4.90 Å². The van der Waals surface area contributed by atoms with Crippen molar-refractivity contribution < 1.29 is 19.2 Å². The summed E-state index contributed by atoms with van der Waals surface area (Å²) in [6.45, 7) is 1.37. The Labute approximate surface area is 162 Å². The number of fused-ring (bicyclic) bond motifs is 1. The maximum atomic E-state index is 12.8. The fourth-order valence-electron chi connectivity index (χ4n) is 3.14. The van der Waals surface area contributed by atoms with Crippen LogP contribution in [0.2, 0.25) is 0 Å². The van der Waals surface area contributed by atoms with Crippen LogP contribution in [0.5, 0.6) is 11.5 Å². The van der Waals surface area contributed by atoms with Crippen LogP contribution in [-0.4, -0.2) is 42.0 Å². The van der Waals surface area contributed by atoms with Gasteiger partial charge < -0.3 is 19.7 Å². The Morgan fingerprint density at radius 2 is 1.93 bits per heavy atom. The van der Waals surface area contributed by atoms with Crippen molar-refractivity contribution in [3.63, 3.8) is 0 Å². The van der Waals surface area contributed by atoms with Gasteiger partial charge in [-0.15, -0.1) is 0 Å². The smallest absolute Gasteiger partial charge is 0.293 e. The lowest BCUT2D eigenvalue weighted by Crippen LogP contribution is -2.26. The lowest BCUT2D eigenvalue weighted by molar-refractivity contribution is -0.384. The second-order valence-electron chi connectivity index (χ2n) is 7.05. The van der Waals surface area contributed by atoms with Crippen molar-refractivity contribution in [2.45, 2.75) is 25.4 Å². The van der Waals surface area contributed by atoms with Gasteiger partial charge >= 0.3 is 0 Å². The average Bonchev–Trinajstić information content (AvgIpc) is 3.51. The van der Waals surface area contributed by atoms with Crippen LogP contribution in [0.4, 0.5) is 11.4 Å². The molecule has 8 nitrogen and oxygen atoms in total. The van der Waals surface area contributed by atoms with Gasteiger partial charge in [0.15, 0.2) is 11.5 Å².